The summed E-state index contributed by atoms with van der Waals surface area (Å²) in [5.41, 5.74) is 2.41. The zero-order valence-corrected chi connectivity index (χ0v) is 13.1. The fourth-order valence-corrected chi connectivity index (χ4v) is 2.50. The third-order valence-corrected chi connectivity index (χ3v) is 3.50. The van der Waals surface area contributed by atoms with Crippen LogP contribution < -0.4 is 4.74 Å². The van der Waals surface area contributed by atoms with Crippen molar-refractivity contribution < 1.29 is 4.74 Å². The summed E-state index contributed by atoms with van der Waals surface area (Å²) < 4.78 is 5.45. The van der Waals surface area contributed by atoms with Gasteiger partial charge in [-0.25, -0.2) is 0 Å². The van der Waals surface area contributed by atoms with Crippen molar-refractivity contribution >= 4 is 6.21 Å². The molecule has 2 heteroatoms. The molecule has 1 aromatic carbocycles. The van der Waals surface area contributed by atoms with Crippen molar-refractivity contribution in [1.82, 2.24) is 0 Å². The Hall–Kier alpha value is -1.31. The van der Waals surface area contributed by atoms with E-state index in [4.69, 9.17) is 9.73 Å². The SMILES string of the molecule is CCc1cccc(OC)c1C=NC(C(C)C)C(C)C. The summed E-state index contributed by atoms with van der Waals surface area (Å²) in [6, 6.07) is 6.54. The number of rotatable bonds is 6. The lowest BCUT2D eigenvalue weighted by atomic mass is 9.94. The highest BCUT2D eigenvalue weighted by Gasteiger charge is 2.15. The average molecular weight is 261 g/mol. The second kappa shape index (κ2) is 7.32. The first-order valence-electron chi connectivity index (χ1n) is 7.20. The first-order chi connectivity index (χ1) is 9.01. The van der Waals surface area contributed by atoms with Crippen LogP contribution in [0.1, 0.15) is 45.7 Å². The van der Waals surface area contributed by atoms with Gasteiger partial charge in [0.2, 0.25) is 0 Å². The molecule has 0 saturated carbocycles. The van der Waals surface area contributed by atoms with Crippen LogP contribution in [0.2, 0.25) is 0 Å². The van der Waals surface area contributed by atoms with Crippen molar-refractivity contribution in [3.8, 4) is 5.75 Å². The Morgan fingerprint density at radius 2 is 1.79 bits per heavy atom. The fourth-order valence-electron chi connectivity index (χ4n) is 2.50. The van der Waals surface area contributed by atoms with Gasteiger partial charge in [0, 0.05) is 11.8 Å². The van der Waals surface area contributed by atoms with E-state index in [0.717, 1.165) is 17.7 Å². The minimum absolute atomic E-state index is 0.356. The molecular formula is C17H27NO. The molecule has 0 amide bonds. The third kappa shape index (κ3) is 4.09. The highest BCUT2D eigenvalue weighted by atomic mass is 16.5. The van der Waals surface area contributed by atoms with Gasteiger partial charge in [-0.3, -0.25) is 4.99 Å². The fraction of sp³-hybridized carbons (Fsp3) is 0.588. The van der Waals surface area contributed by atoms with Crippen molar-refractivity contribution in [1.29, 1.82) is 0 Å². The van der Waals surface area contributed by atoms with Gasteiger partial charge >= 0.3 is 0 Å². The largest absolute Gasteiger partial charge is 0.496 e. The van der Waals surface area contributed by atoms with Crippen molar-refractivity contribution in [2.24, 2.45) is 16.8 Å². The topological polar surface area (TPSA) is 21.6 Å². The Bertz CT molecular complexity index is 391. The lowest BCUT2D eigenvalue weighted by Gasteiger charge is -2.20. The Morgan fingerprint density at radius 1 is 1.16 bits per heavy atom. The van der Waals surface area contributed by atoms with Crippen molar-refractivity contribution in [2.45, 2.75) is 47.1 Å². The Kier molecular flexibility index (Phi) is 6.07. The molecule has 1 rings (SSSR count). The van der Waals surface area contributed by atoms with E-state index in [9.17, 15) is 0 Å². The van der Waals surface area contributed by atoms with Crippen molar-refractivity contribution in [2.75, 3.05) is 7.11 Å². The molecule has 0 fully saturated rings. The minimum atomic E-state index is 0.356. The number of hydrogen-bond acceptors (Lipinski definition) is 2. The van der Waals surface area contributed by atoms with E-state index in [1.54, 1.807) is 7.11 Å². The monoisotopic (exact) mass is 261 g/mol. The molecule has 0 N–H and O–H groups in total. The van der Waals surface area contributed by atoms with Crippen LogP contribution in [0, 0.1) is 11.8 Å². The molecule has 0 aliphatic heterocycles. The highest BCUT2D eigenvalue weighted by molar-refractivity contribution is 5.85. The molecule has 0 spiro atoms. The molecule has 0 aliphatic rings. The molecule has 1 aromatic rings. The second-order valence-electron chi connectivity index (χ2n) is 5.64. The first-order valence-corrected chi connectivity index (χ1v) is 7.20. The number of hydrogen-bond donors (Lipinski definition) is 0. The second-order valence-corrected chi connectivity index (χ2v) is 5.64. The summed E-state index contributed by atoms with van der Waals surface area (Å²) in [6.07, 6.45) is 2.99. The highest BCUT2D eigenvalue weighted by Crippen LogP contribution is 2.22. The van der Waals surface area contributed by atoms with Gasteiger partial charge in [-0.2, -0.15) is 0 Å². The normalized spacial score (nSPS) is 12.1. The van der Waals surface area contributed by atoms with Crippen LogP contribution >= 0.6 is 0 Å². The zero-order valence-electron chi connectivity index (χ0n) is 13.1. The molecule has 2 nitrogen and oxygen atoms in total. The summed E-state index contributed by atoms with van der Waals surface area (Å²) in [5, 5.41) is 0. The van der Waals surface area contributed by atoms with Gasteiger partial charge in [-0.05, 0) is 29.9 Å². The zero-order chi connectivity index (χ0) is 14.4. The third-order valence-electron chi connectivity index (χ3n) is 3.50. The van der Waals surface area contributed by atoms with Gasteiger partial charge in [-0.1, -0.05) is 46.8 Å². The molecule has 0 aliphatic carbocycles. The van der Waals surface area contributed by atoms with E-state index in [1.165, 1.54) is 5.56 Å². The summed E-state index contributed by atoms with van der Waals surface area (Å²) in [7, 11) is 1.72. The standard InChI is InChI=1S/C17H27NO/c1-7-14-9-8-10-16(19-6)15(14)11-18-17(12(2)3)13(4)5/h8-13,17H,7H2,1-6H3. The predicted molar refractivity (Wildman–Crippen MR) is 83.4 cm³/mol. The lowest BCUT2D eigenvalue weighted by molar-refractivity contribution is 0.390. The average Bonchev–Trinajstić information content (AvgIpc) is 2.37. The Labute approximate surface area is 117 Å². The van der Waals surface area contributed by atoms with Gasteiger partial charge < -0.3 is 4.74 Å². The molecular weight excluding hydrogens is 234 g/mol. The van der Waals surface area contributed by atoms with Crippen LogP contribution in [0.15, 0.2) is 23.2 Å². The maximum Gasteiger partial charge on any atom is 0.127 e. The molecule has 19 heavy (non-hydrogen) atoms. The predicted octanol–water partition coefficient (Wildman–Crippen LogP) is 4.36. The number of ether oxygens (including phenoxy) is 1. The molecule has 0 radical (unpaired) electrons. The Morgan fingerprint density at radius 3 is 2.26 bits per heavy atom. The summed E-state index contributed by atoms with van der Waals surface area (Å²) >= 11 is 0. The van der Waals surface area contributed by atoms with E-state index in [0.29, 0.717) is 17.9 Å². The lowest BCUT2D eigenvalue weighted by Crippen LogP contribution is -2.20. The maximum absolute atomic E-state index is 5.45. The molecule has 106 valence electrons. The maximum atomic E-state index is 5.45. The number of aliphatic imine (C=N–C) groups is 1. The molecule has 0 unspecified atom stereocenters. The molecule has 0 bridgehead atoms. The van der Waals surface area contributed by atoms with Crippen molar-refractivity contribution in [3.05, 3.63) is 29.3 Å². The summed E-state index contributed by atoms with van der Waals surface area (Å²) in [4.78, 5) is 4.81. The van der Waals surface area contributed by atoms with E-state index in [2.05, 4.69) is 40.7 Å². The molecule has 0 heterocycles. The number of aryl methyl sites for hydroxylation is 1. The Balaban J connectivity index is 3.09. The van der Waals surface area contributed by atoms with Crippen LogP contribution in [0.4, 0.5) is 0 Å². The van der Waals surface area contributed by atoms with E-state index in [-0.39, 0.29) is 0 Å². The van der Waals surface area contributed by atoms with Gasteiger partial charge in [0.15, 0.2) is 0 Å². The van der Waals surface area contributed by atoms with Crippen LogP contribution in [0.25, 0.3) is 0 Å². The smallest absolute Gasteiger partial charge is 0.127 e. The minimum Gasteiger partial charge on any atom is -0.496 e. The quantitative estimate of drug-likeness (QED) is 0.697. The van der Waals surface area contributed by atoms with Crippen molar-refractivity contribution in [3.63, 3.8) is 0 Å². The summed E-state index contributed by atoms with van der Waals surface area (Å²) in [6.45, 7) is 11.1. The van der Waals surface area contributed by atoms with Crippen LogP contribution in [-0.2, 0) is 6.42 Å². The number of benzene rings is 1. The van der Waals surface area contributed by atoms with Crippen LogP contribution in [-0.4, -0.2) is 19.4 Å². The van der Waals surface area contributed by atoms with E-state index < -0.39 is 0 Å². The first kappa shape index (κ1) is 15.7. The number of nitrogens with zero attached hydrogens (tertiary/aromatic N) is 1. The van der Waals surface area contributed by atoms with Gasteiger partial charge in [0.25, 0.3) is 0 Å². The van der Waals surface area contributed by atoms with Gasteiger partial charge in [0.05, 0.1) is 13.2 Å². The molecule has 0 saturated heterocycles. The van der Waals surface area contributed by atoms with E-state index >= 15 is 0 Å². The number of methoxy groups -OCH3 is 1. The molecule has 0 aromatic heterocycles. The van der Waals surface area contributed by atoms with Gasteiger partial charge in [-0.15, -0.1) is 0 Å². The van der Waals surface area contributed by atoms with Crippen LogP contribution in [0.3, 0.4) is 0 Å². The molecule has 0 atom stereocenters. The summed E-state index contributed by atoms with van der Waals surface area (Å²) in [5.74, 6) is 2.02. The van der Waals surface area contributed by atoms with E-state index in [1.807, 2.05) is 18.3 Å². The van der Waals surface area contributed by atoms with Crippen LogP contribution in [0.5, 0.6) is 5.75 Å². The van der Waals surface area contributed by atoms with Gasteiger partial charge in [0.1, 0.15) is 5.75 Å².